The molecule has 0 spiro atoms. The van der Waals surface area contributed by atoms with Crippen LogP contribution in [0.1, 0.15) is 32.8 Å². The molecule has 0 aliphatic carbocycles. The number of carbonyl (C=O) groups excluding carboxylic acids is 1. The van der Waals surface area contributed by atoms with Gasteiger partial charge in [0.2, 0.25) is 5.91 Å². The van der Waals surface area contributed by atoms with Crippen LogP contribution < -0.4 is 16.0 Å². The van der Waals surface area contributed by atoms with Gasteiger partial charge in [-0.05, 0) is 18.4 Å². The van der Waals surface area contributed by atoms with Crippen LogP contribution in [0.3, 0.4) is 0 Å². The maximum Gasteiger partial charge on any atom is 0.222 e. The molecule has 0 bridgehead atoms. The van der Waals surface area contributed by atoms with Gasteiger partial charge in [-0.1, -0.05) is 44.2 Å². The summed E-state index contributed by atoms with van der Waals surface area (Å²) < 4.78 is 0. The standard InChI is InChI=1S/C17H28N4O/c1-13(2)14(3)21-17(18-4)19-11-10-16(22)20-12-15-8-6-5-7-9-15/h5-9,13-14H,10-12H2,1-4H3,(H,20,22)(H2,18,19,21). The number of hydrogen-bond donors (Lipinski definition) is 3. The monoisotopic (exact) mass is 304 g/mol. The summed E-state index contributed by atoms with van der Waals surface area (Å²) in [5.41, 5.74) is 1.10. The molecule has 1 atom stereocenters. The fraction of sp³-hybridized carbons (Fsp3) is 0.529. The van der Waals surface area contributed by atoms with Crippen molar-refractivity contribution < 1.29 is 4.79 Å². The summed E-state index contributed by atoms with van der Waals surface area (Å²) in [7, 11) is 1.73. The normalized spacial score (nSPS) is 12.9. The van der Waals surface area contributed by atoms with Crippen molar-refractivity contribution in [3.8, 4) is 0 Å². The Bertz CT molecular complexity index is 471. The molecule has 0 saturated heterocycles. The van der Waals surface area contributed by atoms with Crippen molar-refractivity contribution in [3.05, 3.63) is 35.9 Å². The number of guanidine groups is 1. The molecule has 5 nitrogen and oxygen atoms in total. The van der Waals surface area contributed by atoms with Gasteiger partial charge in [0, 0.05) is 32.6 Å². The molecule has 3 N–H and O–H groups in total. The van der Waals surface area contributed by atoms with Crippen molar-refractivity contribution in [2.45, 2.75) is 39.8 Å². The summed E-state index contributed by atoms with van der Waals surface area (Å²) in [5, 5.41) is 9.38. The molecule has 22 heavy (non-hydrogen) atoms. The topological polar surface area (TPSA) is 65.5 Å². The molecule has 0 aliphatic rings. The number of aliphatic imine (C=N–C) groups is 1. The Morgan fingerprint density at radius 2 is 1.82 bits per heavy atom. The molecule has 1 aromatic carbocycles. The van der Waals surface area contributed by atoms with Gasteiger partial charge in [-0.2, -0.15) is 0 Å². The van der Waals surface area contributed by atoms with Crippen molar-refractivity contribution in [2.75, 3.05) is 13.6 Å². The molecule has 1 amide bonds. The molecule has 1 aromatic rings. The first-order valence-electron chi connectivity index (χ1n) is 7.80. The predicted molar refractivity (Wildman–Crippen MR) is 91.7 cm³/mol. The van der Waals surface area contributed by atoms with Crippen LogP contribution in [0.4, 0.5) is 0 Å². The average molecular weight is 304 g/mol. The van der Waals surface area contributed by atoms with Gasteiger partial charge in [0.15, 0.2) is 5.96 Å². The third kappa shape index (κ3) is 7.11. The van der Waals surface area contributed by atoms with Crippen LogP contribution in [0, 0.1) is 5.92 Å². The van der Waals surface area contributed by atoms with Gasteiger partial charge in [-0.3, -0.25) is 9.79 Å². The number of nitrogens with one attached hydrogen (secondary N) is 3. The van der Waals surface area contributed by atoms with Crippen LogP contribution in [0.5, 0.6) is 0 Å². The second-order valence-electron chi connectivity index (χ2n) is 5.69. The van der Waals surface area contributed by atoms with Crippen LogP contribution in [-0.2, 0) is 11.3 Å². The van der Waals surface area contributed by atoms with E-state index >= 15 is 0 Å². The Balaban J connectivity index is 2.23. The zero-order chi connectivity index (χ0) is 16.4. The van der Waals surface area contributed by atoms with Gasteiger partial charge in [-0.15, -0.1) is 0 Å². The summed E-state index contributed by atoms with van der Waals surface area (Å²) >= 11 is 0. The number of benzene rings is 1. The van der Waals surface area contributed by atoms with Crippen LogP contribution in [0.25, 0.3) is 0 Å². The van der Waals surface area contributed by atoms with Crippen LogP contribution >= 0.6 is 0 Å². The largest absolute Gasteiger partial charge is 0.356 e. The molecule has 0 radical (unpaired) electrons. The number of rotatable bonds is 7. The van der Waals surface area contributed by atoms with E-state index in [2.05, 4.69) is 41.7 Å². The summed E-state index contributed by atoms with van der Waals surface area (Å²) in [6.07, 6.45) is 0.420. The van der Waals surface area contributed by atoms with Gasteiger partial charge in [0.1, 0.15) is 0 Å². The highest BCUT2D eigenvalue weighted by Crippen LogP contribution is 1.99. The zero-order valence-electron chi connectivity index (χ0n) is 14.0. The van der Waals surface area contributed by atoms with Crippen molar-refractivity contribution in [1.29, 1.82) is 0 Å². The van der Waals surface area contributed by atoms with Gasteiger partial charge < -0.3 is 16.0 Å². The van der Waals surface area contributed by atoms with Gasteiger partial charge in [0.25, 0.3) is 0 Å². The summed E-state index contributed by atoms with van der Waals surface area (Å²) in [6.45, 7) is 7.55. The van der Waals surface area contributed by atoms with Gasteiger partial charge in [0.05, 0.1) is 0 Å². The molecule has 1 unspecified atom stereocenters. The summed E-state index contributed by atoms with van der Waals surface area (Å²) in [5.74, 6) is 1.29. The Morgan fingerprint density at radius 3 is 2.41 bits per heavy atom. The molecule has 0 heterocycles. The second kappa shape index (κ2) is 9.82. The lowest BCUT2D eigenvalue weighted by molar-refractivity contribution is -0.121. The number of nitrogens with zero attached hydrogens (tertiary/aromatic N) is 1. The first-order valence-corrected chi connectivity index (χ1v) is 7.80. The molecule has 0 fully saturated rings. The van der Waals surface area contributed by atoms with Crippen LogP contribution in [0.2, 0.25) is 0 Å². The van der Waals surface area contributed by atoms with E-state index in [0.717, 1.165) is 11.5 Å². The van der Waals surface area contributed by atoms with Crippen molar-refractivity contribution in [2.24, 2.45) is 10.9 Å². The maximum absolute atomic E-state index is 11.8. The van der Waals surface area contributed by atoms with Crippen molar-refractivity contribution >= 4 is 11.9 Å². The van der Waals surface area contributed by atoms with E-state index in [0.29, 0.717) is 31.5 Å². The Morgan fingerprint density at radius 1 is 1.14 bits per heavy atom. The van der Waals surface area contributed by atoms with Crippen LogP contribution in [-0.4, -0.2) is 31.5 Å². The quantitative estimate of drug-likeness (QED) is 0.532. The lowest BCUT2D eigenvalue weighted by Gasteiger charge is -2.20. The Hall–Kier alpha value is -2.04. The third-order valence-electron chi connectivity index (χ3n) is 3.57. The maximum atomic E-state index is 11.8. The van der Waals surface area contributed by atoms with Gasteiger partial charge in [-0.25, -0.2) is 0 Å². The fourth-order valence-electron chi connectivity index (χ4n) is 1.76. The Labute approximate surface area is 133 Å². The molecule has 122 valence electrons. The zero-order valence-corrected chi connectivity index (χ0v) is 14.0. The van der Waals surface area contributed by atoms with Crippen molar-refractivity contribution in [1.82, 2.24) is 16.0 Å². The molecule has 5 heteroatoms. The average Bonchev–Trinajstić information content (AvgIpc) is 2.52. The van der Waals surface area contributed by atoms with Crippen molar-refractivity contribution in [3.63, 3.8) is 0 Å². The number of amides is 1. The number of hydrogen-bond acceptors (Lipinski definition) is 2. The minimum atomic E-state index is 0.0312. The lowest BCUT2D eigenvalue weighted by Crippen LogP contribution is -2.45. The molecule has 0 aromatic heterocycles. The van der Waals surface area contributed by atoms with E-state index in [1.54, 1.807) is 7.05 Å². The predicted octanol–water partition coefficient (Wildman–Crippen LogP) is 1.90. The van der Waals surface area contributed by atoms with E-state index in [4.69, 9.17) is 0 Å². The second-order valence-corrected chi connectivity index (χ2v) is 5.69. The first kappa shape index (κ1) is 18.0. The summed E-state index contributed by atoms with van der Waals surface area (Å²) in [6, 6.07) is 10.2. The minimum Gasteiger partial charge on any atom is -0.356 e. The Kier molecular flexibility index (Phi) is 8.04. The smallest absolute Gasteiger partial charge is 0.222 e. The minimum absolute atomic E-state index is 0.0312. The number of carbonyl (C=O) groups is 1. The molecular weight excluding hydrogens is 276 g/mol. The van der Waals surface area contributed by atoms with E-state index in [9.17, 15) is 4.79 Å². The highest BCUT2D eigenvalue weighted by Gasteiger charge is 2.09. The highest BCUT2D eigenvalue weighted by molar-refractivity contribution is 5.81. The SMILES string of the molecule is CN=C(NCCC(=O)NCc1ccccc1)NC(C)C(C)C. The summed E-state index contributed by atoms with van der Waals surface area (Å²) in [4.78, 5) is 16.0. The first-order chi connectivity index (χ1) is 10.5. The van der Waals surface area contributed by atoms with E-state index in [1.165, 1.54) is 0 Å². The van der Waals surface area contributed by atoms with E-state index in [-0.39, 0.29) is 5.91 Å². The highest BCUT2D eigenvalue weighted by atomic mass is 16.1. The molecular formula is C17H28N4O. The van der Waals surface area contributed by atoms with Crippen LogP contribution in [0.15, 0.2) is 35.3 Å². The van der Waals surface area contributed by atoms with E-state index in [1.807, 2.05) is 30.3 Å². The molecule has 1 rings (SSSR count). The lowest BCUT2D eigenvalue weighted by atomic mass is 10.1. The fourth-order valence-corrected chi connectivity index (χ4v) is 1.76. The van der Waals surface area contributed by atoms with E-state index < -0.39 is 0 Å². The molecule has 0 aliphatic heterocycles. The third-order valence-corrected chi connectivity index (χ3v) is 3.57. The molecule has 0 saturated carbocycles. The van der Waals surface area contributed by atoms with Gasteiger partial charge >= 0.3 is 0 Å².